The van der Waals surface area contributed by atoms with Crippen LogP contribution in [-0.4, -0.2) is 57.7 Å². The summed E-state index contributed by atoms with van der Waals surface area (Å²) in [7, 11) is 0. The summed E-state index contributed by atoms with van der Waals surface area (Å²) in [4.78, 5) is 11.9. The number of allylic oxidation sites excluding steroid dienone is 2. The molecule has 6 rings (SSSR count). The number of aromatic nitrogens is 3. The number of H-pyrrole nitrogens is 1. The van der Waals surface area contributed by atoms with E-state index in [-0.39, 0.29) is 43.7 Å². The molecule has 0 bridgehead atoms. The summed E-state index contributed by atoms with van der Waals surface area (Å²) >= 11 is 6.42. The highest BCUT2D eigenvalue weighted by molar-refractivity contribution is 6.31. The van der Waals surface area contributed by atoms with Gasteiger partial charge in [0.1, 0.15) is 29.9 Å². The molecule has 7 nitrogen and oxygen atoms in total. The minimum absolute atomic E-state index is 0.0194. The number of ether oxygens (including phenoxy) is 3. The number of aliphatic hydroxyl groups is 1. The van der Waals surface area contributed by atoms with E-state index >= 15 is 0 Å². The van der Waals surface area contributed by atoms with E-state index in [1.807, 2.05) is 6.08 Å². The molecule has 2 saturated heterocycles. The van der Waals surface area contributed by atoms with Crippen molar-refractivity contribution in [3.05, 3.63) is 57.8 Å². The Bertz CT molecular complexity index is 1290. The van der Waals surface area contributed by atoms with Gasteiger partial charge in [-0.1, -0.05) is 17.7 Å². The second kappa shape index (κ2) is 9.13. The molecule has 2 aromatic heterocycles. The number of pyridine rings is 1. The van der Waals surface area contributed by atoms with E-state index in [1.54, 1.807) is 6.07 Å². The van der Waals surface area contributed by atoms with Gasteiger partial charge in [0.2, 0.25) is 0 Å². The molecule has 0 amide bonds. The van der Waals surface area contributed by atoms with E-state index in [9.17, 15) is 13.9 Å². The third-order valence-electron chi connectivity index (χ3n) is 6.89. The van der Waals surface area contributed by atoms with E-state index in [0.29, 0.717) is 27.4 Å². The Balaban J connectivity index is 1.17. The Hall–Kier alpha value is -2.59. The van der Waals surface area contributed by atoms with Crippen molar-refractivity contribution in [2.45, 2.75) is 56.5 Å². The van der Waals surface area contributed by atoms with Crippen molar-refractivity contribution >= 4 is 28.3 Å². The van der Waals surface area contributed by atoms with Crippen LogP contribution in [0.2, 0.25) is 5.02 Å². The number of aryl methyl sites for hydroxylation is 1. The van der Waals surface area contributed by atoms with Crippen molar-refractivity contribution in [3.63, 3.8) is 0 Å². The summed E-state index contributed by atoms with van der Waals surface area (Å²) in [5, 5.41) is 10.3. The lowest BCUT2D eigenvalue weighted by atomic mass is 9.99. The maximum Gasteiger partial charge on any atom is 0.296 e. The monoisotopic (exact) mass is 503 g/mol. The zero-order chi connectivity index (χ0) is 24.1. The largest absolute Gasteiger partial charge is 0.456 e. The number of aliphatic hydroxyl groups excluding tert-OH is 1. The first kappa shape index (κ1) is 22.8. The third-order valence-corrected chi connectivity index (χ3v) is 7.21. The van der Waals surface area contributed by atoms with Crippen molar-refractivity contribution < 1.29 is 28.1 Å². The van der Waals surface area contributed by atoms with Crippen molar-refractivity contribution in [2.24, 2.45) is 0 Å². The van der Waals surface area contributed by atoms with Crippen LogP contribution < -0.4 is 4.74 Å². The molecule has 35 heavy (non-hydrogen) atoms. The zero-order valence-electron chi connectivity index (χ0n) is 18.8. The molecule has 1 aliphatic carbocycles. The molecule has 2 fully saturated rings. The molecule has 3 aliphatic rings. The second-order valence-electron chi connectivity index (χ2n) is 9.19. The maximum absolute atomic E-state index is 14.7. The molecule has 3 aromatic rings. The predicted octanol–water partition coefficient (Wildman–Crippen LogP) is 4.15. The van der Waals surface area contributed by atoms with E-state index in [1.165, 1.54) is 12.1 Å². The van der Waals surface area contributed by atoms with Gasteiger partial charge in [0.05, 0.1) is 29.4 Å². The molecule has 4 heterocycles. The molecule has 0 spiro atoms. The normalized spacial score (nSPS) is 25.9. The Morgan fingerprint density at radius 2 is 1.89 bits per heavy atom. The number of imidazole rings is 1. The smallest absolute Gasteiger partial charge is 0.296 e. The van der Waals surface area contributed by atoms with Gasteiger partial charge < -0.3 is 24.3 Å². The topological polar surface area (TPSA) is 89.5 Å². The van der Waals surface area contributed by atoms with Gasteiger partial charge in [-0.05, 0) is 61.4 Å². The van der Waals surface area contributed by atoms with E-state index in [4.69, 9.17) is 25.8 Å². The van der Waals surface area contributed by atoms with Gasteiger partial charge >= 0.3 is 0 Å². The fourth-order valence-corrected chi connectivity index (χ4v) is 5.30. The number of rotatable bonds is 6. The van der Waals surface area contributed by atoms with Crippen LogP contribution in [0.4, 0.5) is 8.78 Å². The molecular formula is C25H24ClF2N3O4. The minimum Gasteiger partial charge on any atom is -0.456 e. The van der Waals surface area contributed by atoms with Gasteiger partial charge in [-0.3, -0.25) is 0 Å². The van der Waals surface area contributed by atoms with Crippen LogP contribution in [-0.2, 0) is 22.3 Å². The van der Waals surface area contributed by atoms with Crippen molar-refractivity contribution in [3.8, 4) is 6.01 Å². The van der Waals surface area contributed by atoms with Crippen LogP contribution in [0.5, 0.6) is 6.01 Å². The van der Waals surface area contributed by atoms with Gasteiger partial charge in [-0.15, -0.1) is 0 Å². The van der Waals surface area contributed by atoms with Gasteiger partial charge in [0, 0.05) is 5.56 Å². The molecular weight excluding hydrogens is 480 g/mol. The fourth-order valence-electron chi connectivity index (χ4n) is 5.06. The number of hydrogen-bond donors (Lipinski definition) is 2. The Labute approximate surface area is 205 Å². The van der Waals surface area contributed by atoms with Crippen molar-refractivity contribution in [1.82, 2.24) is 15.0 Å². The molecule has 0 saturated carbocycles. The lowest BCUT2D eigenvalue weighted by Crippen LogP contribution is -2.34. The van der Waals surface area contributed by atoms with Gasteiger partial charge in [0.25, 0.3) is 6.01 Å². The van der Waals surface area contributed by atoms with Crippen LogP contribution >= 0.6 is 11.6 Å². The van der Waals surface area contributed by atoms with Gasteiger partial charge in [0.15, 0.2) is 11.8 Å². The summed E-state index contributed by atoms with van der Waals surface area (Å²) in [5.41, 5.74) is 3.07. The Kier molecular flexibility index (Phi) is 5.96. The molecule has 0 radical (unpaired) electrons. The zero-order valence-corrected chi connectivity index (χ0v) is 19.5. The summed E-state index contributed by atoms with van der Waals surface area (Å²) in [6.07, 6.45) is 3.34. The highest BCUT2D eigenvalue weighted by Gasteiger charge is 2.48. The number of fused-ring (bicyclic) bond motifs is 2. The summed E-state index contributed by atoms with van der Waals surface area (Å²) < 4.78 is 46.5. The molecule has 10 heteroatoms. The van der Waals surface area contributed by atoms with Crippen LogP contribution in [0.25, 0.3) is 16.7 Å². The first-order valence-corrected chi connectivity index (χ1v) is 12.1. The number of hydrogen-bond acceptors (Lipinski definition) is 6. The standard InChI is InChI=1S/C25H24ClF2N3O4/c26-15-9-19-24(31-25(30-19)35-21-11-34-22-20(32)10-33-23(21)22)29-18(15)6-5-14-16(27)7-13(8-17(14)28)12-3-1-2-4-12/h3,7-9,20-23,32H,1-2,4-6,10-11H2,(H,29,30,31)/t20-,21-,22-,23-/m1/s1. The summed E-state index contributed by atoms with van der Waals surface area (Å²) in [6.45, 7) is 0.480. The Morgan fingerprint density at radius 1 is 1.09 bits per heavy atom. The van der Waals surface area contributed by atoms with Crippen LogP contribution in [0, 0.1) is 11.6 Å². The second-order valence-corrected chi connectivity index (χ2v) is 9.60. The number of aromatic amines is 1. The summed E-state index contributed by atoms with van der Waals surface area (Å²) in [5.74, 6) is -1.12. The average molecular weight is 504 g/mol. The Morgan fingerprint density at radius 3 is 2.66 bits per heavy atom. The maximum atomic E-state index is 14.7. The lowest BCUT2D eigenvalue weighted by Gasteiger charge is -2.15. The third kappa shape index (κ3) is 4.31. The molecule has 2 N–H and O–H groups in total. The first-order valence-electron chi connectivity index (χ1n) is 11.8. The lowest BCUT2D eigenvalue weighted by molar-refractivity contribution is 0.00706. The van der Waals surface area contributed by atoms with Crippen molar-refractivity contribution in [1.29, 1.82) is 0 Å². The van der Waals surface area contributed by atoms with E-state index in [0.717, 1.165) is 24.8 Å². The number of benzene rings is 1. The fraction of sp³-hybridized carbons (Fsp3) is 0.440. The number of halogens is 3. The SMILES string of the molecule is O[C@@H]1CO[C@H]2[C@@H]1OC[C@H]2Oc1nc2nc(CCc3c(F)cc(C4=CCCC4)cc3F)c(Cl)cc2[nH]1. The first-order chi connectivity index (χ1) is 17.0. The molecule has 0 unspecified atom stereocenters. The predicted molar refractivity (Wildman–Crippen MR) is 124 cm³/mol. The highest BCUT2D eigenvalue weighted by Crippen LogP contribution is 2.32. The summed E-state index contributed by atoms with van der Waals surface area (Å²) in [6, 6.07) is 4.73. The quantitative estimate of drug-likeness (QED) is 0.525. The highest BCUT2D eigenvalue weighted by atomic mass is 35.5. The molecule has 184 valence electrons. The molecule has 4 atom stereocenters. The van der Waals surface area contributed by atoms with Crippen LogP contribution in [0.1, 0.15) is 36.1 Å². The van der Waals surface area contributed by atoms with E-state index in [2.05, 4.69) is 15.0 Å². The van der Waals surface area contributed by atoms with E-state index < -0.39 is 29.9 Å². The number of nitrogens with zero attached hydrogens (tertiary/aromatic N) is 2. The van der Waals surface area contributed by atoms with Gasteiger partial charge in [-0.25, -0.2) is 13.8 Å². The average Bonchev–Trinajstić information content (AvgIpc) is 3.61. The molecule has 1 aromatic carbocycles. The van der Waals surface area contributed by atoms with Crippen LogP contribution in [0.15, 0.2) is 24.3 Å². The van der Waals surface area contributed by atoms with Crippen molar-refractivity contribution in [2.75, 3.05) is 13.2 Å². The number of nitrogens with one attached hydrogen (secondary N) is 1. The van der Waals surface area contributed by atoms with Gasteiger partial charge in [-0.2, -0.15) is 4.98 Å². The molecule has 2 aliphatic heterocycles. The van der Waals surface area contributed by atoms with Crippen LogP contribution in [0.3, 0.4) is 0 Å². The minimum atomic E-state index is -0.669.